The molecule has 33 heavy (non-hydrogen) atoms. The Balaban J connectivity index is 1.48. The second-order valence-corrected chi connectivity index (χ2v) is 8.28. The number of para-hydroxylation sites is 1. The fourth-order valence-electron chi connectivity index (χ4n) is 2.77. The molecule has 9 heteroatoms. The SMILES string of the molecule is O=C(CNC(=O)c1ccccc1OCC(=O)Nc1ccc(Br)cc1)NCc1ccc(Cl)cc1. The molecule has 0 bridgehead atoms. The van der Waals surface area contributed by atoms with Gasteiger partial charge in [0, 0.05) is 21.7 Å². The van der Waals surface area contributed by atoms with E-state index in [0.29, 0.717) is 17.3 Å². The quantitative estimate of drug-likeness (QED) is 0.387. The topological polar surface area (TPSA) is 96.5 Å². The molecule has 170 valence electrons. The lowest BCUT2D eigenvalue weighted by molar-refractivity contribution is -0.120. The van der Waals surface area contributed by atoms with E-state index in [2.05, 4.69) is 31.9 Å². The molecule has 0 atom stereocenters. The van der Waals surface area contributed by atoms with E-state index in [1.54, 1.807) is 48.5 Å². The number of hydrogen-bond acceptors (Lipinski definition) is 4. The van der Waals surface area contributed by atoms with Crippen molar-refractivity contribution < 1.29 is 19.1 Å². The number of carbonyl (C=O) groups excluding carboxylic acids is 3. The third kappa shape index (κ3) is 7.93. The normalized spacial score (nSPS) is 10.2. The first-order valence-corrected chi connectivity index (χ1v) is 11.1. The molecule has 0 aliphatic rings. The first-order chi connectivity index (χ1) is 15.9. The number of nitrogens with one attached hydrogen (secondary N) is 3. The number of halogens is 2. The van der Waals surface area contributed by atoms with Crippen LogP contribution in [0.15, 0.2) is 77.3 Å². The summed E-state index contributed by atoms with van der Waals surface area (Å²) in [5, 5.41) is 8.61. The summed E-state index contributed by atoms with van der Waals surface area (Å²) in [5.74, 6) is -0.956. The summed E-state index contributed by atoms with van der Waals surface area (Å²) in [4.78, 5) is 36.8. The first kappa shape index (κ1) is 24.3. The van der Waals surface area contributed by atoms with E-state index in [1.807, 2.05) is 24.3 Å². The van der Waals surface area contributed by atoms with Crippen molar-refractivity contribution in [3.63, 3.8) is 0 Å². The van der Waals surface area contributed by atoms with Crippen molar-refractivity contribution >= 4 is 50.9 Å². The number of anilines is 1. The number of carbonyl (C=O) groups is 3. The number of ether oxygens (including phenoxy) is 1. The van der Waals surface area contributed by atoms with E-state index in [1.165, 1.54) is 0 Å². The fourth-order valence-corrected chi connectivity index (χ4v) is 3.17. The molecule has 3 rings (SSSR count). The molecule has 0 fully saturated rings. The van der Waals surface area contributed by atoms with Gasteiger partial charge in [0.1, 0.15) is 5.75 Å². The maximum absolute atomic E-state index is 12.6. The second kappa shape index (κ2) is 12.0. The van der Waals surface area contributed by atoms with Crippen LogP contribution in [0.1, 0.15) is 15.9 Å². The van der Waals surface area contributed by atoms with Crippen molar-refractivity contribution in [2.24, 2.45) is 0 Å². The smallest absolute Gasteiger partial charge is 0.262 e. The minimum Gasteiger partial charge on any atom is -0.483 e. The molecule has 0 aromatic heterocycles. The van der Waals surface area contributed by atoms with E-state index in [9.17, 15) is 14.4 Å². The van der Waals surface area contributed by atoms with Gasteiger partial charge in [-0.3, -0.25) is 14.4 Å². The highest BCUT2D eigenvalue weighted by Crippen LogP contribution is 2.18. The Morgan fingerprint density at radius 3 is 2.27 bits per heavy atom. The summed E-state index contributed by atoms with van der Waals surface area (Å²) in [6, 6.07) is 20.7. The average molecular weight is 531 g/mol. The lowest BCUT2D eigenvalue weighted by atomic mass is 10.2. The molecule has 0 saturated carbocycles. The molecule has 0 spiro atoms. The molecule has 3 amide bonds. The number of benzene rings is 3. The van der Waals surface area contributed by atoms with Crippen LogP contribution in [0, 0.1) is 0 Å². The van der Waals surface area contributed by atoms with Crippen LogP contribution in [0.3, 0.4) is 0 Å². The molecular formula is C24H21BrClN3O4. The monoisotopic (exact) mass is 529 g/mol. The zero-order valence-corrected chi connectivity index (χ0v) is 19.8. The summed E-state index contributed by atoms with van der Waals surface area (Å²) < 4.78 is 6.44. The zero-order valence-electron chi connectivity index (χ0n) is 17.4. The summed E-state index contributed by atoms with van der Waals surface area (Å²) in [6.07, 6.45) is 0. The van der Waals surface area contributed by atoms with Gasteiger partial charge in [0.05, 0.1) is 12.1 Å². The number of hydrogen-bond donors (Lipinski definition) is 3. The van der Waals surface area contributed by atoms with Crippen LogP contribution in [0.5, 0.6) is 5.75 Å². The molecule has 0 saturated heterocycles. The highest BCUT2D eigenvalue weighted by molar-refractivity contribution is 9.10. The Bertz CT molecular complexity index is 1120. The zero-order chi connectivity index (χ0) is 23.6. The molecular weight excluding hydrogens is 510 g/mol. The van der Waals surface area contributed by atoms with Gasteiger partial charge in [0.15, 0.2) is 6.61 Å². The van der Waals surface area contributed by atoms with Gasteiger partial charge in [-0.1, -0.05) is 51.8 Å². The fraction of sp³-hybridized carbons (Fsp3) is 0.125. The van der Waals surface area contributed by atoms with Crippen LogP contribution in [0.4, 0.5) is 5.69 Å². The summed E-state index contributed by atoms with van der Waals surface area (Å²) in [5.41, 5.74) is 1.74. The van der Waals surface area contributed by atoms with Gasteiger partial charge in [0.2, 0.25) is 5.91 Å². The molecule has 0 radical (unpaired) electrons. The van der Waals surface area contributed by atoms with E-state index < -0.39 is 5.91 Å². The summed E-state index contributed by atoms with van der Waals surface area (Å²) in [6.45, 7) is -0.161. The highest BCUT2D eigenvalue weighted by Gasteiger charge is 2.14. The Kier molecular flexibility index (Phi) is 8.86. The molecule has 3 aromatic rings. The van der Waals surface area contributed by atoms with Gasteiger partial charge in [0.25, 0.3) is 11.8 Å². The standard InChI is InChI=1S/C24H21BrClN3O4/c25-17-7-11-19(12-8-17)29-23(31)15-33-21-4-2-1-3-20(21)24(32)28-14-22(30)27-13-16-5-9-18(26)10-6-16/h1-12H,13-15H2,(H,27,30)(H,28,32)(H,29,31). The third-order valence-corrected chi connectivity index (χ3v) is 5.21. The Labute approximate surface area is 204 Å². The van der Waals surface area contributed by atoms with E-state index in [4.69, 9.17) is 16.3 Å². The van der Waals surface area contributed by atoms with Crippen molar-refractivity contribution in [2.75, 3.05) is 18.5 Å². The largest absolute Gasteiger partial charge is 0.483 e. The number of rotatable bonds is 9. The Hall–Kier alpha value is -3.36. The predicted octanol–water partition coefficient (Wildman–Crippen LogP) is 4.17. The summed E-state index contributed by atoms with van der Waals surface area (Å²) >= 11 is 9.18. The van der Waals surface area contributed by atoms with E-state index in [0.717, 1.165) is 10.0 Å². The molecule has 0 heterocycles. The van der Waals surface area contributed by atoms with E-state index >= 15 is 0 Å². The summed E-state index contributed by atoms with van der Waals surface area (Å²) in [7, 11) is 0. The van der Waals surface area contributed by atoms with Gasteiger partial charge in [-0.2, -0.15) is 0 Å². The minimum absolute atomic E-state index is 0.204. The third-order valence-electron chi connectivity index (χ3n) is 4.43. The van der Waals surface area contributed by atoms with Gasteiger partial charge in [-0.25, -0.2) is 0 Å². The van der Waals surface area contributed by atoms with Crippen LogP contribution in [-0.2, 0) is 16.1 Å². The van der Waals surface area contributed by atoms with Gasteiger partial charge >= 0.3 is 0 Å². The lowest BCUT2D eigenvalue weighted by Gasteiger charge is -2.12. The maximum atomic E-state index is 12.6. The lowest BCUT2D eigenvalue weighted by Crippen LogP contribution is -2.36. The highest BCUT2D eigenvalue weighted by atomic mass is 79.9. The first-order valence-electron chi connectivity index (χ1n) is 9.97. The van der Waals surface area contributed by atoms with Crippen LogP contribution < -0.4 is 20.7 Å². The minimum atomic E-state index is -0.486. The van der Waals surface area contributed by atoms with Crippen molar-refractivity contribution in [2.45, 2.75) is 6.54 Å². The second-order valence-electron chi connectivity index (χ2n) is 6.93. The molecule has 3 N–H and O–H groups in total. The van der Waals surface area contributed by atoms with Gasteiger partial charge < -0.3 is 20.7 Å². The van der Waals surface area contributed by atoms with E-state index in [-0.39, 0.29) is 36.3 Å². The molecule has 0 aliphatic carbocycles. The van der Waals surface area contributed by atoms with Crippen LogP contribution in [0.2, 0.25) is 5.02 Å². The van der Waals surface area contributed by atoms with Crippen molar-refractivity contribution in [3.8, 4) is 5.75 Å². The van der Waals surface area contributed by atoms with Gasteiger partial charge in [-0.05, 0) is 54.1 Å². The average Bonchev–Trinajstić information content (AvgIpc) is 2.82. The number of amides is 3. The van der Waals surface area contributed by atoms with Crippen LogP contribution >= 0.6 is 27.5 Å². The van der Waals surface area contributed by atoms with Crippen molar-refractivity contribution in [3.05, 3.63) is 93.4 Å². The molecule has 7 nitrogen and oxygen atoms in total. The van der Waals surface area contributed by atoms with Crippen LogP contribution in [0.25, 0.3) is 0 Å². The molecule has 3 aromatic carbocycles. The Morgan fingerprint density at radius 1 is 0.848 bits per heavy atom. The molecule has 0 aliphatic heterocycles. The van der Waals surface area contributed by atoms with Crippen LogP contribution in [-0.4, -0.2) is 30.9 Å². The van der Waals surface area contributed by atoms with Crippen molar-refractivity contribution in [1.82, 2.24) is 10.6 Å². The van der Waals surface area contributed by atoms with Crippen molar-refractivity contribution in [1.29, 1.82) is 0 Å². The van der Waals surface area contributed by atoms with Gasteiger partial charge in [-0.15, -0.1) is 0 Å². The predicted molar refractivity (Wildman–Crippen MR) is 130 cm³/mol. The molecule has 0 unspecified atom stereocenters. The Morgan fingerprint density at radius 2 is 1.55 bits per heavy atom. The maximum Gasteiger partial charge on any atom is 0.262 e.